The third kappa shape index (κ3) is 5.90. The summed E-state index contributed by atoms with van der Waals surface area (Å²) in [6, 6.07) is -0.574. The van der Waals surface area contributed by atoms with Crippen LogP contribution in [0, 0.1) is 11.5 Å². The van der Waals surface area contributed by atoms with E-state index in [-0.39, 0.29) is 23.9 Å². The topological polar surface area (TPSA) is 101 Å². The highest BCUT2D eigenvalue weighted by atomic mass is 16.2. The van der Waals surface area contributed by atoms with Crippen molar-refractivity contribution in [2.24, 2.45) is 4.99 Å². The average Bonchev–Trinajstić information content (AvgIpc) is 3.03. The van der Waals surface area contributed by atoms with E-state index in [2.05, 4.69) is 15.6 Å². The molecule has 2 fully saturated rings. The minimum absolute atomic E-state index is 0.0173. The van der Waals surface area contributed by atoms with Crippen LogP contribution in [0.1, 0.15) is 52.9 Å². The lowest BCUT2D eigenvalue weighted by atomic mass is 10.1. The number of nitrogens with zero attached hydrogens (tertiary/aromatic N) is 4. The Morgan fingerprint density at radius 3 is 2.50 bits per heavy atom. The van der Waals surface area contributed by atoms with Gasteiger partial charge in [0, 0.05) is 25.2 Å². The highest BCUT2D eigenvalue weighted by Crippen LogP contribution is 2.16. The van der Waals surface area contributed by atoms with E-state index in [1.165, 1.54) is 0 Å². The molecule has 2 amide bonds. The van der Waals surface area contributed by atoms with Crippen molar-refractivity contribution in [3.63, 3.8) is 0 Å². The van der Waals surface area contributed by atoms with Crippen LogP contribution in [0.15, 0.2) is 4.99 Å². The van der Waals surface area contributed by atoms with Crippen LogP contribution in [0.5, 0.6) is 0 Å². The zero-order valence-corrected chi connectivity index (χ0v) is 16.0. The second-order valence-corrected chi connectivity index (χ2v) is 7.95. The summed E-state index contributed by atoms with van der Waals surface area (Å²) < 4.78 is 0. The number of nitriles is 1. The molecule has 0 unspecified atom stereocenters. The van der Waals surface area contributed by atoms with Gasteiger partial charge in [0.2, 0.25) is 17.8 Å². The first-order valence-electron chi connectivity index (χ1n) is 9.38. The van der Waals surface area contributed by atoms with Gasteiger partial charge in [0.15, 0.2) is 6.19 Å². The lowest BCUT2D eigenvalue weighted by molar-refractivity contribution is -0.140. The Hall–Kier alpha value is -2.30. The highest BCUT2D eigenvalue weighted by Gasteiger charge is 2.30. The van der Waals surface area contributed by atoms with Crippen molar-refractivity contribution in [2.75, 3.05) is 26.2 Å². The van der Waals surface area contributed by atoms with E-state index < -0.39 is 6.04 Å². The minimum atomic E-state index is -0.574. The van der Waals surface area contributed by atoms with Gasteiger partial charge in [0.05, 0.1) is 6.54 Å². The summed E-state index contributed by atoms with van der Waals surface area (Å²) in [4.78, 5) is 33.3. The molecule has 0 aromatic heterocycles. The number of hydrogen-bond donors (Lipinski definition) is 2. The zero-order chi connectivity index (χ0) is 19.2. The Bertz CT molecular complexity index is 583. The van der Waals surface area contributed by atoms with Gasteiger partial charge in [-0.3, -0.25) is 14.9 Å². The molecule has 0 aromatic carbocycles. The molecule has 26 heavy (non-hydrogen) atoms. The van der Waals surface area contributed by atoms with Crippen LogP contribution < -0.4 is 10.6 Å². The standard InChI is InChI=1S/C18H30N6O2/c1-18(2,3)22-17(20-13-19)21-14-8-4-5-11-24(16(14)26)12-15(25)23-9-6-7-10-23/h14H,4-12H2,1-3H3,(H2,20,21,22)/t14-/m0/s1. The van der Waals surface area contributed by atoms with Gasteiger partial charge in [0.1, 0.15) is 6.04 Å². The van der Waals surface area contributed by atoms with Crippen LogP contribution in [-0.2, 0) is 9.59 Å². The van der Waals surface area contributed by atoms with E-state index >= 15 is 0 Å². The summed E-state index contributed by atoms with van der Waals surface area (Å²) in [5, 5.41) is 14.6. The largest absolute Gasteiger partial charge is 0.351 e. The first-order valence-corrected chi connectivity index (χ1v) is 9.38. The van der Waals surface area contributed by atoms with Crippen molar-refractivity contribution in [3.05, 3.63) is 0 Å². The molecular formula is C18H30N6O2. The van der Waals surface area contributed by atoms with E-state index in [1.54, 1.807) is 4.90 Å². The Kier molecular flexibility index (Phi) is 6.83. The lowest BCUT2D eigenvalue weighted by Gasteiger charge is -2.26. The molecule has 8 nitrogen and oxygen atoms in total. The summed E-state index contributed by atoms with van der Waals surface area (Å²) in [6.45, 7) is 8.14. The van der Waals surface area contributed by atoms with Crippen molar-refractivity contribution < 1.29 is 9.59 Å². The molecule has 0 radical (unpaired) electrons. The fourth-order valence-corrected chi connectivity index (χ4v) is 3.25. The van der Waals surface area contributed by atoms with E-state index in [1.807, 2.05) is 31.9 Å². The van der Waals surface area contributed by atoms with Gasteiger partial charge in [-0.25, -0.2) is 4.99 Å². The molecule has 2 saturated heterocycles. The van der Waals surface area contributed by atoms with Crippen LogP contribution in [0.4, 0.5) is 0 Å². The van der Waals surface area contributed by atoms with Gasteiger partial charge in [0.25, 0.3) is 0 Å². The molecule has 0 aliphatic carbocycles. The van der Waals surface area contributed by atoms with Gasteiger partial charge in [-0.2, -0.15) is 5.26 Å². The van der Waals surface area contributed by atoms with Gasteiger partial charge >= 0.3 is 0 Å². The van der Waals surface area contributed by atoms with E-state index in [4.69, 9.17) is 5.26 Å². The number of carbonyl (C=O) groups is 2. The van der Waals surface area contributed by atoms with Crippen molar-refractivity contribution in [3.8, 4) is 6.19 Å². The second kappa shape index (κ2) is 8.88. The summed E-state index contributed by atoms with van der Waals surface area (Å²) in [5.74, 6) is 0.178. The van der Waals surface area contributed by atoms with E-state index in [0.29, 0.717) is 18.9 Å². The normalized spacial score (nSPS) is 22.0. The molecule has 0 aromatic rings. The molecule has 0 saturated carbocycles. The van der Waals surface area contributed by atoms with Crippen molar-refractivity contribution >= 4 is 17.8 Å². The Morgan fingerprint density at radius 2 is 1.88 bits per heavy atom. The molecule has 0 bridgehead atoms. The second-order valence-electron chi connectivity index (χ2n) is 7.95. The first kappa shape index (κ1) is 20.0. The van der Waals surface area contributed by atoms with Crippen molar-refractivity contribution in [1.82, 2.24) is 20.4 Å². The van der Waals surface area contributed by atoms with E-state index in [0.717, 1.165) is 38.8 Å². The number of nitrogens with one attached hydrogen (secondary N) is 2. The summed E-state index contributed by atoms with van der Waals surface area (Å²) >= 11 is 0. The third-order valence-electron chi connectivity index (χ3n) is 4.49. The highest BCUT2D eigenvalue weighted by molar-refractivity contribution is 5.91. The number of rotatable bonds is 3. The fraction of sp³-hybridized carbons (Fsp3) is 0.778. The number of aliphatic imine (C=N–C) groups is 1. The quantitative estimate of drug-likeness (QED) is 0.335. The van der Waals surface area contributed by atoms with Crippen molar-refractivity contribution in [2.45, 2.75) is 64.5 Å². The summed E-state index contributed by atoms with van der Waals surface area (Å²) in [7, 11) is 0. The molecule has 1 atom stereocenters. The SMILES string of the molecule is CC(C)(C)NC(=N[C@H]1CCCCN(CC(=O)N2CCCC2)C1=O)NC#N. The van der Waals surface area contributed by atoms with Gasteiger partial charge in [-0.05, 0) is 52.9 Å². The third-order valence-corrected chi connectivity index (χ3v) is 4.49. The minimum Gasteiger partial charge on any atom is -0.351 e. The molecule has 2 N–H and O–H groups in total. The van der Waals surface area contributed by atoms with E-state index in [9.17, 15) is 9.59 Å². The van der Waals surface area contributed by atoms with Crippen LogP contribution >= 0.6 is 0 Å². The number of amides is 2. The number of carbonyl (C=O) groups excluding carboxylic acids is 2. The Balaban J connectivity index is 2.09. The number of guanidine groups is 1. The summed E-state index contributed by atoms with van der Waals surface area (Å²) in [6.07, 6.45) is 6.28. The molecule has 144 valence electrons. The van der Waals surface area contributed by atoms with Crippen LogP contribution in [-0.4, -0.2) is 65.3 Å². The molecule has 2 aliphatic heterocycles. The molecular weight excluding hydrogens is 332 g/mol. The van der Waals surface area contributed by atoms with Crippen LogP contribution in [0.25, 0.3) is 0 Å². The fourth-order valence-electron chi connectivity index (χ4n) is 3.25. The smallest absolute Gasteiger partial charge is 0.247 e. The number of hydrogen-bond acceptors (Lipinski definition) is 4. The predicted molar refractivity (Wildman–Crippen MR) is 99.1 cm³/mol. The molecule has 2 heterocycles. The zero-order valence-electron chi connectivity index (χ0n) is 16.0. The maximum atomic E-state index is 12.9. The van der Waals surface area contributed by atoms with Gasteiger partial charge in [-0.15, -0.1) is 0 Å². The average molecular weight is 362 g/mol. The van der Waals surface area contributed by atoms with Crippen LogP contribution in [0.2, 0.25) is 0 Å². The number of likely N-dealkylation sites (tertiary alicyclic amines) is 2. The summed E-state index contributed by atoms with van der Waals surface area (Å²) in [5.41, 5.74) is -0.290. The predicted octanol–water partition coefficient (Wildman–Crippen LogP) is 0.805. The van der Waals surface area contributed by atoms with Gasteiger partial charge < -0.3 is 15.1 Å². The monoisotopic (exact) mass is 362 g/mol. The van der Waals surface area contributed by atoms with Crippen molar-refractivity contribution in [1.29, 1.82) is 5.26 Å². The maximum Gasteiger partial charge on any atom is 0.247 e. The molecule has 2 rings (SSSR count). The molecule has 8 heteroatoms. The molecule has 0 spiro atoms. The maximum absolute atomic E-state index is 12.9. The molecule has 2 aliphatic rings. The lowest BCUT2D eigenvalue weighted by Crippen LogP contribution is -2.48. The van der Waals surface area contributed by atoms with Gasteiger partial charge in [-0.1, -0.05) is 0 Å². The Morgan fingerprint density at radius 1 is 1.23 bits per heavy atom. The Labute approximate surface area is 155 Å². The first-order chi connectivity index (χ1) is 12.3. The van der Waals surface area contributed by atoms with Crippen LogP contribution in [0.3, 0.4) is 0 Å².